The molecule has 2 aromatic heterocycles. The van der Waals surface area contributed by atoms with Crippen LogP contribution in [0.5, 0.6) is 11.8 Å². The number of hydrogen-bond donors (Lipinski definition) is 0. The van der Waals surface area contributed by atoms with Crippen LogP contribution in [-0.2, 0) is 17.8 Å². The van der Waals surface area contributed by atoms with Crippen LogP contribution in [0.25, 0.3) is 22.6 Å². The van der Waals surface area contributed by atoms with E-state index in [2.05, 4.69) is 14.5 Å². The second kappa shape index (κ2) is 9.61. The lowest BCUT2D eigenvalue weighted by Gasteiger charge is -2.18. The van der Waals surface area contributed by atoms with E-state index in [1.165, 1.54) is 19.2 Å². The highest BCUT2D eigenvalue weighted by Crippen LogP contribution is 2.39. The average Bonchev–Trinajstić information content (AvgIpc) is 3.45. The van der Waals surface area contributed by atoms with Gasteiger partial charge in [-0.05, 0) is 54.4 Å². The summed E-state index contributed by atoms with van der Waals surface area (Å²) >= 11 is 0. The number of imidazole rings is 1. The van der Waals surface area contributed by atoms with Crippen LogP contribution in [0.1, 0.15) is 23.9 Å². The van der Waals surface area contributed by atoms with Crippen molar-refractivity contribution in [3.05, 3.63) is 78.0 Å². The second-order valence-electron chi connectivity index (χ2n) is 8.09. The van der Waals surface area contributed by atoms with E-state index in [0.29, 0.717) is 18.9 Å². The zero-order valence-corrected chi connectivity index (χ0v) is 19.1. The van der Waals surface area contributed by atoms with E-state index < -0.39 is 0 Å². The molecule has 8 heteroatoms. The van der Waals surface area contributed by atoms with Crippen LogP contribution in [-0.4, -0.2) is 40.3 Å². The standard InChI is InChI=1S/C26H25FN4O3/c1-32-21-10-3-17(4-11-21)15-34-16-20-9-12-23-30-24(18-5-7-19(27)8-6-18)25(31(20)23)22-13-14-28-26(29-22)33-2/h3-8,10-11,13-14,20H,9,12,15-16H2,1-2H3. The van der Waals surface area contributed by atoms with Gasteiger partial charge in [-0.2, -0.15) is 4.98 Å². The molecule has 1 atom stereocenters. The highest BCUT2D eigenvalue weighted by atomic mass is 19.1. The third-order valence-electron chi connectivity index (χ3n) is 5.96. The molecule has 1 unspecified atom stereocenters. The Kier molecular flexibility index (Phi) is 6.22. The van der Waals surface area contributed by atoms with Gasteiger partial charge in [0, 0.05) is 18.2 Å². The molecule has 0 bridgehead atoms. The number of halogens is 1. The number of ether oxygens (including phenoxy) is 3. The van der Waals surface area contributed by atoms with Crippen LogP contribution in [0.3, 0.4) is 0 Å². The molecular weight excluding hydrogens is 435 g/mol. The predicted octanol–water partition coefficient (Wildman–Crippen LogP) is 4.87. The van der Waals surface area contributed by atoms with Crippen molar-refractivity contribution in [3.63, 3.8) is 0 Å². The Bertz CT molecular complexity index is 1270. The monoisotopic (exact) mass is 460 g/mol. The molecule has 0 saturated carbocycles. The highest BCUT2D eigenvalue weighted by Gasteiger charge is 2.31. The number of hydrogen-bond acceptors (Lipinski definition) is 6. The molecule has 0 fully saturated rings. The summed E-state index contributed by atoms with van der Waals surface area (Å²) in [5.41, 5.74) is 4.23. The Labute approximate surface area is 197 Å². The highest BCUT2D eigenvalue weighted by molar-refractivity contribution is 5.77. The van der Waals surface area contributed by atoms with Gasteiger partial charge in [-0.15, -0.1) is 0 Å². The molecule has 1 aliphatic heterocycles. The van der Waals surface area contributed by atoms with Crippen LogP contribution in [0.4, 0.5) is 4.39 Å². The molecule has 0 amide bonds. The maximum Gasteiger partial charge on any atom is 0.316 e. The van der Waals surface area contributed by atoms with Gasteiger partial charge in [-0.3, -0.25) is 0 Å². The number of fused-ring (bicyclic) bond motifs is 1. The molecule has 174 valence electrons. The minimum absolute atomic E-state index is 0.103. The average molecular weight is 461 g/mol. The van der Waals surface area contributed by atoms with E-state index in [4.69, 9.17) is 19.2 Å². The number of nitrogens with zero attached hydrogens (tertiary/aromatic N) is 4. The zero-order valence-electron chi connectivity index (χ0n) is 19.1. The van der Waals surface area contributed by atoms with E-state index in [-0.39, 0.29) is 17.9 Å². The van der Waals surface area contributed by atoms with E-state index in [1.807, 2.05) is 30.3 Å². The molecule has 0 aliphatic carbocycles. The molecule has 5 rings (SSSR count). The molecule has 0 N–H and O–H groups in total. The van der Waals surface area contributed by atoms with Crippen LogP contribution >= 0.6 is 0 Å². The summed E-state index contributed by atoms with van der Waals surface area (Å²) in [7, 11) is 3.19. The molecule has 34 heavy (non-hydrogen) atoms. The van der Waals surface area contributed by atoms with E-state index in [9.17, 15) is 4.39 Å². The summed E-state index contributed by atoms with van der Waals surface area (Å²) in [6.07, 6.45) is 3.41. The Morgan fingerprint density at radius 3 is 2.50 bits per heavy atom. The molecular formula is C26H25FN4O3. The molecule has 3 heterocycles. The normalized spacial score (nSPS) is 14.7. The van der Waals surface area contributed by atoms with Crippen LogP contribution in [0, 0.1) is 5.82 Å². The van der Waals surface area contributed by atoms with Crippen molar-refractivity contribution < 1.29 is 18.6 Å². The Morgan fingerprint density at radius 1 is 0.971 bits per heavy atom. The Morgan fingerprint density at radius 2 is 1.76 bits per heavy atom. The van der Waals surface area contributed by atoms with E-state index >= 15 is 0 Å². The summed E-state index contributed by atoms with van der Waals surface area (Å²) in [6.45, 7) is 1.04. The summed E-state index contributed by atoms with van der Waals surface area (Å²) in [6, 6.07) is 16.5. The van der Waals surface area contributed by atoms with E-state index in [1.54, 1.807) is 25.4 Å². The first kappa shape index (κ1) is 22.0. The topological polar surface area (TPSA) is 71.3 Å². The van der Waals surface area contributed by atoms with Crippen molar-refractivity contribution in [3.8, 4) is 34.4 Å². The minimum atomic E-state index is -0.287. The van der Waals surface area contributed by atoms with Crippen molar-refractivity contribution in [1.29, 1.82) is 0 Å². The van der Waals surface area contributed by atoms with Gasteiger partial charge in [0.15, 0.2) is 0 Å². The maximum absolute atomic E-state index is 13.6. The first-order valence-electron chi connectivity index (χ1n) is 11.1. The third kappa shape index (κ3) is 4.36. The van der Waals surface area contributed by atoms with E-state index in [0.717, 1.165) is 46.9 Å². The van der Waals surface area contributed by atoms with Crippen molar-refractivity contribution in [1.82, 2.24) is 19.5 Å². The summed E-state index contributed by atoms with van der Waals surface area (Å²) in [5, 5.41) is 0. The van der Waals surface area contributed by atoms with Gasteiger partial charge < -0.3 is 18.8 Å². The molecule has 0 radical (unpaired) electrons. The minimum Gasteiger partial charge on any atom is -0.497 e. The van der Waals surface area contributed by atoms with Gasteiger partial charge in [0.05, 0.1) is 50.6 Å². The first-order chi connectivity index (χ1) is 16.7. The van der Waals surface area contributed by atoms with Gasteiger partial charge in [0.1, 0.15) is 17.4 Å². The summed E-state index contributed by atoms with van der Waals surface area (Å²) in [5.74, 6) is 1.50. The Hall–Kier alpha value is -3.78. The molecule has 1 aliphatic rings. The fraction of sp³-hybridized carbons (Fsp3) is 0.269. The van der Waals surface area contributed by atoms with Crippen molar-refractivity contribution in [2.45, 2.75) is 25.5 Å². The summed E-state index contributed by atoms with van der Waals surface area (Å²) < 4.78 is 32.4. The van der Waals surface area contributed by atoms with Crippen LogP contribution in [0.15, 0.2) is 60.8 Å². The number of rotatable bonds is 8. The fourth-order valence-electron chi connectivity index (χ4n) is 4.29. The smallest absolute Gasteiger partial charge is 0.316 e. The third-order valence-corrected chi connectivity index (χ3v) is 5.96. The van der Waals surface area contributed by atoms with Crippen molar-refractivity contribution >= 4 is 0 Å². The molecule has 0 saturated heterocycles. The van der Waals surface area contributed by atoms with Crippen LogP contribution < -0.4 is 9.47 Å². The van der Waals surface area contributed by atoms with Crippen LogP contribution in [0.2, 0.25) is 0 Å². The number of aromatic nitrogens is 4. The number of benzene rings is 2. The van der Waals surface area contributed by atoms with Gasteiger partial charge in [0.2, 0.25) is 0 Å². The number of methoxy groups -OCH3 is 2. The lowest BCUT2D eigenvalue weighted by atomic mass is 10.1. The molecule has 4 aromatic rings. The second-order valence-corrected chi connectivity index (χ2v) is 8.09. The molecule has 0 spiro atoms. The number of aryl methyl sites for hydroxylation is 1. The largest absolute Gasteiger partial charge is 0.497 e. The van der Waals surface area contributed by atoms with Gasteiger partial charge >= 0.3 is 6.01 Å². The maximum atomic E-state index is 13.6. The summed E-state index contributed by atoms with van der Waals surface area (Å²) in [4.78, 5) is 13.6. The SMILES string of the molecule is COc1ccc(COCC2CCc3nc(-c4ccc(F)cc4)c(-c4ccnc(OC)n4)n32)cc1. The fourth-order valence-corrected chi connectivity index (χ4v) is 4.29. The Balaban J connectivity index is 1.46. The quantitative estimate of drug-likeness (QED) is 0.374. The zero-order chi connectivity index (χ0) is 23.5. The lowest BCUT2D eigenvalue weighted by molar-refractivity contribution is 0.0924. The first-order valence-corrected chi connectivity index (χ1v) is 11.1. The van der Waals surface area contributed by atoms with Gasteiger partial charge in [-0.1, -0.05) is 12.1 Å². The molecule has 7 nitrogen and oxygen atoms in total. The predicted molar refractivity (Wildman–Crippen MR) is 125 cm³/mol. The lowest BCUT2D eigenvalue weighted by Crippen LogP contribution is -2.13. The van der Waals surface area contributed by atoms with Gasteiger partial charge in [0.25, 0.3) is 0 Å². The van der Waals surface area contributed by atoms with Crippen molar-refractivity contribution in [2.75, 3.05) is 20.8 Å². The molecule has 2 aromatic carbocycles. The van der Waals surface area contributed by atoms with Crippen molar-refractivity contribution in [2.24, 2.45) is 0 Å². The van der Waals surface area contributed by atoms with Gasteiger partial charge in [-0.25, -0.2) is 14.4 Å².